The molecule has 0 aliphatic carbocycles. The molecule has 0 saturated carbocycles. The predicted octanol–water partition coefficient (Wildman–Crippen LogP) is 4.59. The van der Waals surface area contributed by atoms with E-state index in [9.17, 15) is 0 Å². The third kappa shape index (κ3) is 2.82. The van der Waals surface area contributed by atoms with Gasteiger partial charge < -0.3 is 0 Å². The molecule has 0 atom stereocenters. The van der Waals surface area contributed by atoms with E-state index in [2.05, 4.69) is 52.5 Å². The Morgan fingerprint density at radius 3 is 2.07 bits per heavy atom. The fourth-order valence-corrected chi connectivity index (χ4v) is 1.49. The Morgan fingerprint density at radius 2 is 1.53 bits per heavy atom. The summed E-state index contributed by atoms with van der Waals surface area (Å²) in [6, 6.07) is 4.49. The first-order valence-electron chi connectivity index (χ1n) is 5.34. The van der Waals surface area contributed by atoms with Crippen LogP contribution in [0.2, 0.25) is 0 Å². The van der Waals surface area contributed by atoms with Gasteiger partial charge in [-0.1, -0.05) is 30.4 Å². The van der Waals surface area contributed by atoms with Gasteiger partial charge in [0.1, 0.15) is 0 Å². The second kappa shape index (κ2) is 4.48. The quantitative estimate of drug-likeness (QED) is 0.612. The van der Waals surface area contributed by atoms with Gasteiger partial charge in [-0.3, -0.25) is 0 Å². The van der Waals surface area contributed by atoms with E-state index in [4.69, 9.17) is 0 Å². The lowest BCUT2D eigenvalue weighted by molar-refractivity contribution is 1.28. The van der Waals surface area contributed by atoms with Gasteiger partial charge in [-0.25, -0.2) is 0 Å². The summed E-state index contributed by atoms with van der Waals surface area (Å²) in [5, 5.41) is 0. The molecular formula is C15H20. The van der Waals surface area contributed by atoms with Crippen molar-refractivity contribution in [2.24, 2.45) is 0 Å². The van der Waals surface area contributed by atoms with E-state index in [-0.39, 0.29) is 0 Å². The fourth-order valence-electron chi connectivity index (χ4n) is 1.49. The summed E-state index contributed by atoms with van der Waals surface area (Å²) in [6.45, 7) is 14.6. The van der Waals surface area contributed by atoms with Crippen LogP contribution in [0.5, 0.6) is 0 Å². The molecule has 0 fully saturated rings. The Bertz CT molecular complexity index is 420. The first-order chi connectivity index (χ1) is 6.91. The van der Waals surface area contributed by atoms with Crippen LogP contribution in [0.1, 0.15) is 36.1 Å². The van der Waals surface area contributed by atoms with Crippen LogP contribution in [0.4, 0.5) is 0 Å². The van der Waals surface area contributed by atoms with Crippen molar-refractivity contribution in [3.8, 4) is 0 Å². The molecule has 0 spiro atoms. The first-order valence-corrected chi connectivity index (χ1v) is 5.34. The standard InChI is InChI=1S/C15H20/c1-10(2)11(3)8-15-9-13(5)12(4)7-14(15)6/h7-9H,1H2,2-6H3/b11-8+. The predicted molar refractivity (Wildman–Crippen MR) is 69.1 cm³/mol. The average molecular weight is 200 g/mol. The van der Waals surface area contributed by atoms with E-state index in [0.717, 1.165) is 5.57 Å². The van der Waals surface area contributed by atoms with Crippen molar-refractivity contribution in [1.29, 1.82) is 0 Å². The zero-order valence-corrected chi connectivity index (χ0v) is 10.4. The van der Waals surface area contributed by atoms with Crippen LogP contribution in [-0.2, 0) is 0 Å². The van der Waals surface area contributed by atoms with Crippen molar-refractivity contribution in [2.45, 2.75) is 34.6 Å². The van der Waals surface area contributed by atoms with Gasteiger partial charge in [-0.15, -0.1) is 0 Å². The topological polar surface area (TPSA) is 0 Å². The number of hydrogen-bond acceptors (Lipinski definition) is 0. The minimum Gasteiger partial charge on any atom is -0.0958 e. The smallest absolute Gasteiger partial charge is 0.0222 e. The molecular weight excluding hydrogens is 180 g/mol. The Morgan fingerprint density at radius 1 is 1.00 bits per heavy atom. The van der Waals surface area contributed by atoms with Crippen molar-refractivity contribution in [3.05, 3.63) is 52.1 Å². The Labute approximate surface area is 93.3 Å². The molecule has 0 heteroatoms. The first kappa shape index (κ1) is 11.8. The number of aryl methyl sites for hydroxylation is 3. The molecule has 0 nitrogen and oxygen atoms in total. The van der Waals surface area contributed by atoms with Gasteiger partial charge in [0.2, 0.25) is 0 Å². The Balaban J connectivity index is 3.22. The molecule has 0 N–H and O–H groups in total. The molecule has 1 aromatic carbocycles. The monoisotopic (exact) mass is 200 g/mol. The molecule has 0 heterocycles. The van der Waals surface area contributed by atoms with Crippen molar-refractivity contribution in [2.75, 3.05) is 0 Å². The SMILES string of the molecule is C=C(C)/C(C)=C/c1cc(C)c(C)cc1C. The lowest BCUT2D eigenvalue weighted by Gasteiger charge is -2.07. The molecule has 0 unspecified atom stereocenters. The second-order valence-corrected chi connectivity index (χ2v) is 4.40. The maximum absolute atomic E-state index is 3.95. The summed E-state index contributed by atoms with van der Waals surface area (Å²) in [6.07, 6.45) is 2.21. The van der Waals surface area contributed by atoms with E-state index in [1.807, 2.05) is 6.92 Å². The molecule has 80 valence electrons. The molecule has 1 rings (SSSR count). The minimum atomic E-state index is 1.13. The van der Waals surface area contributed by atoms with Crippen LogP contribution < -0.4 is 0 Å². The van der Waals surface area contributed by atoms with E-state index in [1.165, 1.54) is 27.8 Å². The number of allylic oxidation sites excluding steroid dienone is 2. The van der Waals surface area contributed by atoms with Gasteiger partial charge in [0, 0.05) is 0 Å². The molecule has 0 amide bonds. The Hall–Kier alpha value is -1.30. The van der Waals surface area contributed by atoms with Gasteiger partial charge in [0.25, 0.3) is 0 Å². The van der Waals surface area contributed by atoms with Crippen LogP contribution >= 0.6 is 0 Å². The van der Waals surface area contributed by atoms with Crippen LogP contribution in [0.15, 0.2) is 29.9 Å². The van der Waals surface area contributed by atoms with Gasteiger partial charge >= 0.3 is 0 Å². The zero-order chi connectivity index (χ0) is 11.6. The van der Waals surface area contributed by atoms with Crippen LogP contribution in [-0.4, -0.2) is 0 Å². The average Bonchev–Trinajstić information content (AvgIpc) is 2.13. The highest BCUT2D eigenvalue weighted by Crippen LogP contribution is 2.19. The number of rotatable bonds is 2. The van der Waals surface area contributed by atoms with Crippen LogP contribution in [0.25, 0.3) is 6.08 Å². The van der Waals surface area contributed by atoms with E-state index >= 15 is 0 Å². The summed E-state index contributed by atoms with van der Waals surface area (Å²) in [4.78, 5) is 0. The highest BCUT2D eigenvalue weighted by atomic mass is 14.1. The molecule has 0 radical (unpaired) electrons. The van der Waals surface area contributed by atoms with E-state index < -0.39 is 0 Å². The van der Waals surface area contributed by atoms with Gasteiger partial charge in [-0.05, 0) is 62.4 Å². The van der Waals surface area contributed by atoms with Crippen LogP contribution in [0, 0.1) is 20.8 Å². The molecule has 0 aliphatic heterocycles. The molecule has 0 bridgehead atoms. The van der Waals surface area contributed by atoms with Gasteiger partial charge in [0.15, 0.2) is 0 Å². The van der Waals surface area contributed by atoms with Gasteiger partial charge in [0.05, 0.1) is 0 Å². The lowest BCUT2D eigenvalue weighted by Crippen LogP contribution is -1.88. The van der Waals surface area contributed by atoms with Crippen LogP contribution in [0.3, 0.4) is 0 Å². The largest absolute Gasteiger partial charge is 0.0958 e. The lowest BCUT2D eigenvalue weighted by atomic mass is 9.98. The number of hydrogen-bond donors (Lipinski definition) is 0. The zero-order valence-electron chi connectivity index (χ0n) is 10.4. The second-order valence-electron chi connectivity index (χ2n) is 4.40. The highest BCUT2D eigenvalue weighted by Gasteiger charge is 2.00. The van der Waals surface area contributed by atoms with Crippen molar-refractivity contribution < 1.29 is 0 Å². The normalized spacial score (nSPS) is 11.7. The maximum Gasteiger partial charge on any atom is -0.0222 e. The third-order valence-electron chi connectivity index (χ3n) is 2.93. The third-order valence-corrected chi connectivity index (χ3v) is 2.93. The molecule has 0 saturated heterocycles. The molecule has 0 aromatic heterocycles. The summed E-state index contributed by atoms with van der Waals surface area (Å²) in [7, 11) is 0. The molecule has 1 aromatic rings. The maximum atomic E-state index is 3.95. The summed E-state index contributed by atoms with van der Waals surface area (Å²) in [5.74, 6) is 0. The van der Waals surface area contributed by atoms with Gasteiger partial charge in [-0.2, -0.15) is 0 Å². The minimum absolute atomic E-state index is 1.13. The molecule has 15 heavy (non-hydrogen) atoms. The summed E-state index contributed by atoms with van der Waals surface area (Å²) in [5.41, 5.74) is 7.73. The van der Waals surface area contributed by atoms with Crippen molar-refractivity contribution in [1.82, 2.24) is 0 Å². The number of benzene rings is 1. The Kier molecular flexibility index (Phi) is 3.52. The fraction of sp³-hybridized carbons (Fsp3) is 0.333. The highest BCUT2D eigenvalue weighted by molar-refractivity contribution is 5.61. The molecule has 0 aliphatic rings. The van der Waals surface area contributed by atoms with Crippen molar-refractivity contribution >= 4 is 6.08 Å². The van der Waals surface area contributed by atoms with Crippen molar-refractivity contribution in [3.63, 3.8) is 0 Å². The van der Waals surface area contributed by atoms with E-state index in [0.29, 0.717) is 0 Å². The summed E-state index contributed by atoms with van der Waals surface area (Å²) >= 11 is 0. The van der Waals surface area contributed by atoms with E-state index in [1.54, 1.807) is 0 Å². The summed E-state index contributed by atoms with van der Waals surface area (Å²) < 4.78 is 0.